The number of aliphatic hydroxyl groups excluding tert-OH is 1. The number of nitrogens with zero attached hydrogens (tertiary/aromatic N) is 1. The van der Waals surface area contributed by atoms with Crippen LogP contribution in [0.4, 0.5) is 0 Å². The van der Waals surface area contributed by atoms with E-state index in [0.29, 0.717) is 12.0 Å². The number of aliphatic hydroxyl groups is 1. The Hall–Kier alpha value is -0.120. The summed E-state index contributed by atoms with van der Waals surface area (Å²) >= 11 is 0. The third-order valence-electron chi connectivity index (χ3n) is 3.29. The fraction of sp³-hybridized carbons (Fsp3) is 1.00. The average Bonchev–Trinajstić information content (AvgIpc) is 3.01. The van der Waals surface area contributed by atoms with Gasteiger partial charge >= 0.3 is 0 Å². The van der Waals surface area contributed by atoms with Crippen LogP contribution in [0.3, 0.4) is 0 Å². The Morgan fingerprint density at radius 1 is 1.50 bits per heavy atom. The maximum absolute atomic E-state index is 9.82. The Balaban J connectivity index is 1.73. The molecule has 1 aliphatic heterocycles. The van der Waals surface area contributed by atoms with Crippen molar-refractivity contribution < 1.29 is 9.84 Å². The lowest BCUT2D eigenvalue weighted by Crippen LogP contribution is -2.45. The minimum Gasteiger partial charge on any atom is -0.392 e. The van der Waals surface area contributed by atoms with Gasteiger partial charge in [-0.05, 0) is 25.2 Å². The van der Waals surface area contributed by atoms with Crippen LogP contribution >= 0.6 is 0 Å². The van der Waals surface area contributed by atoms with Crippen molar-refractivity contribution in [1.82, 2.24) is 4.90 Å². The Kier molecular flexibility index (Phi) is 3.42. The molecule has 1 saturated heterocycles. The predicted octanol–water partition coefficient (Wildman–Crippen LogP) is 0.868. The molecule has 0 radical (unpaired) electrons. The highest BCUT2D eigenvalue weighted by Crippen LogP contribution is 2.33. The van der Waals surface area contributed by atoms with Gasteiger partial charge in [0.25, 0.3) is 0 Å². The summed E-state index contributed by atoms with van der Waals surface area (Å²) in [6.45, 7) is 5.83. The number of ether oxygens (including phenoxy) is 1. The molecule has 2 atom stereocenters. The predicted molar refractivity (Wildman–Crippen MR) is 55.2 cm³/mol. The lowest BCUT2D eigenvalue weighted by atomic mass is 10.2. The first kappa shape index (κ1) is 10.4. The second kappa shape index (κ2) is 4.60. The zero-order valence-corrected chi connectivity index (χ0v) is 8.98. The molecular weight excluding hydrogens is 178 g/mol. The molecule has 0 spiro atoms. The molecule has 14 heavy (non-hydrogen) atoms. The number of rotatable bonds is 4. The largest absolute Gasteiger partial charge is 0.392 e. The smallest absolute Gasteiger partial charge is 0.0700 e. The van der Waals surface area contributed by atoms with Crippen molar-refractivity contribution in [3.05, 3.63) is 0 Å². The van der Waals surface area contributed by atoms with E-state index in [1.165, 1.54) is 12.8 Å². The lowest BCUT2D eigenvalue weighted by Gasteiger charge is -2.33. The van der Waals surface area contributed by atoms with E-state index in [9.17, 15) is 5.11 Å². The monoisotopic (exact) mass is 199 g/mol. The average molecular weight is 199 g/mol. The van der Waals surface area contributed by atoms with Crippen LogP contribution in [-0.4, -0.2) is 48.5 Å². The summed E-state index contributed by atoms with van der Waals surface area (Å²) in [5.74, 6) is 0.595. The van der Waals surface area contributed by atoms with Crippen molar-refractivity contribution in [1.29, 1.82) is 0 Å². The first-order valence-electron chi connectivity index (χ1n) is 5.81. The van der Waals surface area contributed by atoms with E-state index in [0.717, 1.165) is 32.7 Å². The zero-order chi connectivity index (χ0) is 9.97. The molecule has 1 N–H and O–H groups in total. The van der Waals surface area contributed by atoms with Crippen LogP contribution in [0.5, 0.6) is 0 Å². The van der Waals surface area contributed by atoms with Gasteiger partial charge in [0.15, 0.2) is 0 Å². The quantitative estimate of drug-likeness (QED) is 0.729. The molecule has 1 heterocycles. The number of hydrogen-bond donors (Lipinski definition) is 1. The van der Waals surface area contributed by atoms with E-state index in [1.807, 2.05) is 0 Å². The molecule has 0 aromatic rings. The van der Waals surface area contributed by atoms with Gasteiger partial charge in [-0.3, -0.25) is 4.90 Å². The van der Waals surface area contributed by atoms with Crippen molar-refractivity contribution in [2.24, 2.45) is 5.92 Å². The molecule has 3 nitrogen and oxygen atoms in total. The Labute approximate surface area is 86.0 Å². The SMILES string of the molecule is CCC1CN(CC(O)C2CC2)CCO1. The summed E-state index contributed by atoms with van der Waals surface area (Å²) in [7, 11) is 0. The Morgan fingerprint density at radius 2 is 2.29 bits per heavy atom. The van der Waals surface area contributed by atoms with Gasteiger partial charge in [0.05, 0.1) is 18.8 Å². The summed E-state index contributed by atoms with van der Waals surface area (Å²) in [5, 5.41) is 9.82. The molecule has 2 rings (SSSR count). The van der Waals surface area contributed by atoms with Crippen molar-refractivity contribution in [3.63, 3.8) is 0 Å². The number of morpholine rings is 1. The molecule has 0 bridgehead atoms. The summed E-state index contributed by atoms with van der Waals surface area (Å²) in [6.07, 6.45) is 3.82. The summed E-state index contributed by atoms with van der Waals surface area (Å²) < 4.78 is 5.59. The summed E-state index contributed by atoms with van der Waals surface area (Å²) in [5.41, 5.74) is 0. The topological polar surface area (TPSA) is 32.7 Å². The Morgan fingerprint density at radius 3 is 2.93 bits per heavy atom. The molecule has 2 unspecified atom stereocenters. The summed E-state index contributed by atoms with van der Waals surface area (Å²) in [4.78, 5) is 2.35. The van der Waals surface area contributed by atoms with E-state index in [1.54, 1.807) is 0 Å². The minimum atomic E-state index is -0.0920. The van der Waals surface area contributed by atoms with Gasteiger partial charge in [0.1, 0.15) is 0 Å². The van der Waals surface area contributed by atoms with Gasteiger partial charge in [0.2, 0.25) is 0 Å². The minimum absolute atomic E-state index is 0.0920. The van der Waals surface area contributed by atoms with Crippen LogP contribution in [0.25, 0.3) is 0 Å². The summed E-state index contributed by atoms with van der Waals surface area (Å²) in [6, 6.07) is 0. The van der Waals surface area contributed by atoms with Gasteiger partial charge in [-0.15, -0.1) is 0 Å². The highest BCUT2D eigenvalue weighted by atomic mass is 16.5. The van der Waals surface area contributed by atoms with Crippen molar-refractivity contribution in [2.45, 2.75) is 38.4 Å². The molecule has 1 aliphatic carbocycles. The molecule has 1 saturated carbocycles. The van der Waals surface area contributed by atoms with Crippen LogP contribution in [0, 0.1) is 5.92 Å². The van der Waals surface area contributed by atoms with E-state index in [-0.39, 0.29) is 6.10 Å². The molecule has 3 heteroatoms. The van der Waals surface area contributed by atoms with Crippen LogP contribution in [-0.2, 0) is 4.74 Å². The van der Waals surface area contributed by atoms with E-state index in [2.05, 4.69) is 11.8 Å². The molecule has 82 valence electrons. The highest BCUT2D eigenvalue weighted by molar-refractivity contribution is 4.84. The van der Waals surface area contributed by atoms with Gasteiger partial charge in [-0.1, -0.05) is 6.92 Å². The van der Waals surface area contributed by atoms with Crippen LogP contribution < -0.4 is 0 Å². The van der Waals surface area contributed by atoms with Gasteiger partial charge in [-0.2, -0.15) is 0 Å². The van der Waals surface area contributed by atoms with Crippen LogP contribution in [0.1, 0.15) is 26.2 Å². The lowest BCUT2D eigenvalue weighted by molar-refractivity contribution is -0.0434. The van der Waals surface area contributed by atoms with Crippen molar-refractivity contribution >= 4 is 0 Å². The molecule has 0 amide bonds. The van der Waals surface area contributed by atoms with Crippen LogP contribution in [0.15, 0.2) is 0 Å². The fourth-order valence-electron chi connectivity index (χ4n) is 2.09. The normalized spacial score (nSPS) is 31.7. The standard InChI is InChI=1S/C11H21NO2/c1-2-10-7-12(5-6-14-10)8-11(13)9-3-4-9/h9-11,13H,2-8H2,1H3. The fourth-order valence-corrected chi connectivity index (χ4v) is 2.09. The molecule has 0 aromatic heterocycles. The molecule has 2 aliphatic rings. The second-order valence-electron chi connectivity index (χ2n) is 4.57. The van der Waals surface area contributed by atoms with E-state index < -0.39 is 0 Å². The molecule has 2 fully saturated rings. The van der Waals surface area contributed by atoms with E-state index >= 15 is 0 Å². The van der Waals surface area contributed by atoms with Crippen molar-refractivity contribution in [3.8, 4) is 0 Å². The maximum Gasteiger partial charge on any atom is 0.0700 e. The van der Waals surface area contributed by atoms with Crippen LogP contribution in [0.2, 0.25) is 0 Å². The second-order valence-corrected chi connectivity index (χ2v) is 4.57. The third kappa shape index (κ3) is 2.69. The number of hydrogen-bond acceptors (Lipinski definition) is 3. The highest BCUT2D eigenvalue weighted by Gasteiger charge is 2.31. The number of β-amino-alcohol motifs (C(OH)–C–C–N with tert-alkyl or cyclic N) is 1. The molecule has 0 aromatic carbocycles. The zero-order valence-electron chi connectivity index (χ0n) is 8.98. The van der Waals surface area contributed by atoms with Gasteiger partial charge in [-0.25, -0.2) is 0 Å². The first-order valence-corrected chi connectivity index (χ1v) is 5.81. The first-order chi connectivity index (χ1) is 6.79. The van der Waals surface area contributed by atoms with Gasteiger partial charge in [0, 0.05) is 19.6 Å². The van der Waals surface area contributed by atoms with E-state index in [4.69, 9.17) is 4.74 Å². The van der Waals surface area contributed by atoms with Crippen molar-refractivity contribution in [2.75, 3.05) is 26.2 Å². The van der Waals surface area contributed by atoms with Gasteiger partial charge < -0.3 is 9.84 Å². The maximum atomic E-state index is 9.82. The molecular formula is C11H21NO2. The Bertz CT molecular complexity index is 182. The third-order valence-corrected chi connectivity index (χ3v) is 3.29.